The molecular formula is C16H21Cl2Zr. The summed E-state index contributed by atoms with van der Waals surface area (Å²) in [5.74, 6) is 0. The van der Waals surface area contributed by atoms with Gasteiger partial charge in [-0.25, -0.2) is 5.57 Å². The van der Waals surface area contributed by atoms with Crippen LogP contribution in [-0.2, 0) is 26.2 Å². The Hall–Kier alpha value is 0.423. The van der Waals surface area contributed by atoms with Crippen LogP contribution in [0.1, 0.15) is 52.9 Å². The molecule has 0 N–H and O–H groups in total. The molecule has 2 aliphatic carbocycles. The number of hydrogen-bond donors (Lipinski definition) is 0. The largest absolute Gasteiger partial charge is 3.00 e. The molecule has 2 rings (SSSR count). The smallest absolute Gasteiger partial charge is 1.00 e. The zero-order valence-electron chi connectivity index (χ0n) is 11.9. The monoisotopic (exact) mass is 373 g/mol. The van der Waals surface area contributed by atoms with Gasteiger partial charge in [-0.05, 0) is 26.2 Å². The summed E-state index contributed by atoms with van der Waals surface area (Å²) in [6.45, 7) is 6.72. The van der Waals surface area contributed by atoms with Crippen LogP contribution in [0.2, 0.25) is 0 Å². The van der Waals surface area contributed by atoms with Crippen LogP contribution in [0.3, 0.4) is 0 Å². The molecule has 0 unspecified atom stereocenters. The van der Waals surface area contributed by atoms with E-state index >= 15 is 0 Å². The van der Waals surface area contributed by atoms with Crippen molar-refractivity contribution in [2.45, 2.75) is 52.9 Å². The molecule has 0 bridgehead atoms. The molecule has 0 aromatic carbocycles. The van der Waals surface area contributed by atoms with Gasteiger partial charge in [-0.1, -0.05) is 37.5 Å². The second-order valence-electron chi connectivity index (χ2n) is 4.78. The molecule has 0 nitrogen and oxygen atoms in total. The van der Waals surface area contributed by atoms with E-state index in [0.717, 1.165) is 12.8 Å². The van der Waals surface area contributed by atoms with Crippen LogP contribution in [0.5, 0.6) is 0 Å². The van der Waals surface area contributed by atoms with Gasteiger partial charge in [-0.2, -0.15) is 11.6 Å². The fourth-order valence-electron chi connectivity index (χ4n) is 2.62. The zero-order valence-corrected chi connectivity index (χ0v) is 15.9. The predicted molar refractivity (Wildman–Crippen MR) is 70.1 cm³/mol. The van der Waals surface area contributed by atoms with Crippen LogP contribution < -0.4 is 24.8 Å². The van der Waals surface area contributed by atoms with Gasteiger partial charge < -0.3 is 24.8 Å². The van der Waals surface area contributed by atoms with Gasteiger partial charge in [-0.3, -0.25) is 6.08 Å². The molecule has 0 fully saturated rings. The minimum Gasteiger partial charge on any atom is -1.00 e. The fraction of sp³-hybridized carbons (Fsp3) is 0.500. The topological polar surface area (TPSA) is 0 Å². The van der Waals surface area contributed by atoms with Gasteiger partial charge in [0.1, 0.15) is 0 Å². The first-order valence-corrected chi connectivity index (χ1v) is 6.41. The van der Waals surface area contributed by atoms with Crippen LogP contribution in [0.15, 0.2) is 40.0 Å². The summed E-state index contributed by atoms with van der Waals surface area (Å²) in [6.07, 6.45) is 14.1. The molecule has 0 aromatic heterocycles. The molecule has 0 spiro atoms. The summed E-state index contributed by atoms with van der Waals surface area (Å²) in [6, 6.07) is 0. The van der Waals surface area contributed by atoms with Gasteiger partial charge in [0.2, 0.25) is 0 Å². The average molecular weight is 375 g/mol. The molecule has 3 heteroatoms. The van der Waals surface area contributed by atoms with E-state index in [-0.39, 0.29) is 51.0 Å². The SMILES string of the molecule is CCCCC1=C(C2=CC[C-]=C2C)CC=C1C.[Cl-].[Cl-].[Zr+3]. The third-order valence-corrected chi connectivity index (χ3v) is 3.64. The van der Waals surface area contributed by atoms with Crippen molar-refractivity contribution in [3.63, 3.8) is 0 Å². The molecule has 19 heavy (non-hydrogen) atoms. The maximum absolute atomic E-state index is 3.40. The van der Waals surface area contributed by atoms with Gasteiger partial charge in [-0.15, -0.1) is 12.0 Å². The third-order valence-electron chi connectivity index (χ3n) is 3.64. The normalized spacial score (nSPS) is 16.9. The Bertz CT molecular complexity index is 414. The Morgan fingerprint density at radius 3 is 2.37 bits per heavy atom. The Morgan fingerprint density at radius 2 is 1.84 bits per heavy atom. The summed E-state index contributed by atoms with van der Waals surface area (Å²) in [7, 11) is 0. The van der Waals surface area contributed by atoms with E-state index in [0.29, 0.717) is 0 Å². The van der Waals surface area contributed by atoms with Crippen molar-refractivity contribution in [2.24, 2.45) is 0 Å². The second kappa shape index (κ2) is 10.2. The summed E-state index contributed by atoms with van der Waals surface area (Å²) in [4.78, 5) is 0. The molecule has 1 radical (unpaired) electrons. The van der Waals surface area contributed by atoms with Gasteiger partial charge in [0.05, 0.1) is 0 Å². The van der Waals surface area contributed by atoms with E-state index in [4.69, 9.17) is 0 Å². The Kier molecular flexibility index (Phi) is 11.7. The van der Waals surface area contributed by atoms with Crippen LogP contribution in [0.4, 0.5) is 0 Å². The van der Waals surface area contributed by atoms with Crippen LogP contribution in [0.25, 0.3) is 0 Å². The third kappa shape index (κ3) is 5.03. The molecule has 0 atom stereocenters. The zero-order chi connectivity index (χ0) is 11.5. The predicted octanol–water partition coefficient (Wildman–Crippen LogP) is -1.09. The van der Waals surface area contributed by atoms with Crippen molar-refractivity contribution >= 4 is 0 Å². The molecule has 0 aromatic rings. The first-order valence-electron chi connectivity index (χ1n) is 6.41. The molecule has 0 heterocycles. The van der Waals surface area contributed by atoms with Crippen LogP contribution in [-0.4, -0.2) is 0 Å². The molecule has 0 aliphatic heterocycles. The van der Waals surface area contributed by atoms with E-state index in [2.05, 4.69) is 39.0 Å². The summed E-state index contributed by atoms with van der Waals surface area (Å²) in [5.41, 5.74) is 7.51. The van der Waals surface area contributed by atoms with E-state index in [1.807, 2.05) is 0 Å². The quantitative estimate of drug-likeness (QED) is 0.548. The maximum Gasteiger partial charge on any atom is 3.00 e. The van der Waals surface area contributed by atoms with Crippen molar-refractivity contribution in [1.29, 1.82) is 0 Å². The van der Waals surface area contributed by atoms with Crippen LogP contribution in [0, 0.1) is 6.08 Å². The number of rotatable bonds is 4. The molecule has 0 amide bonds. The molecule has 2 aliphatic rings. The van der Waals surface area contributed by atoms with Crippen molar-refractivity contribution in [3.8, 4) is 0 Å². The molecule has 103 valence electrons. The first kappa shape index (κ1) is 21.7. The van der Waals surface area contributed by atoms with Gasteiger partial charge in [0.15, 0.2) is 0 Å². The van der Waals surface area contributed by atoms with Crippen molar-refractivity contribution < 1.29 is 51.0 Å². The van der Waals surface area contributed by atoms with E-state index in [1.54, 1.807) is 11.1 Å². The van der Waals surface area contributed by atoms with Crippen molar-refractivity contribution in [3.05, 3.63) is 46.1 Å². The van der Waals surface area contributed by atoms with Crippen molar-refractivity contribution in [1.82, 2.24) is 0 Å². The minimum absolute atomic E-state index is 0. The number of halogens is 2. The number of hydrogen-bond acceptors (Lipinski definition) is 0. The van der Waals surface area contributed by atoms with Crippen molar-refractivity contribution in [2.75, 3.05) is 0 Å². The first-order chi connectivity index (χ1) is 7.74. The second-order valence-corrected chi connectivity index (χ2v) is 4.78. The summed E-state index contributed by atoms with van der Waals surface area (Å²) >= 11 is 0. The van der Waals surface area contributed by atoms with Gasteiger partial charge in [0.25, 0.3) is 0 Å². The fourth-order valence-corrected chi connectivity index (χ4v) is 2.62. The van der Waals surface area contributed by atoms with E-state index < -0.39 is 0 Å². The Morgan fingerprint density at radius 1 is 1.16 bits per heavy atom. The van der Waals surface area contributed by atoms with Gasteiger partial charge >= 0.3 is 26.2 Å². The minimum atomic E-state index is 0. The van der Waals surface area contributed by atoms with E-state index in [1.165, 1.54) is 36.0 Å². The molecule has 0 saturated carbocycles. The van der Waals surface area contributed by atoms with Gasteiger partial charge in [0, 0.05) is 0 Å². The molecular weight excluding hydrogens is 354 g/mol. The van der Waals surface area contributed by atoms with E-state index in [9.17, 15) is 0 Å². The number of allylic oxidation sites excluding steroid dienone is 8. The molecule has 0 saturated heterocycles. The Balaban J connectivity index is 0. The maximum atomic E-state index is 3.40. The summed E-state index contributed by atoms with van der Waals surface area (Å²) in [5, 5.41) is 0. The Labute approximate surface area is 149 Å². The van der Waals surface area contributed by atoms with Crippen LogP contribution >= 0.6 is 0 Å². The average Bonchev–Trinajstić information content (AvgIpc) is 2.82. The number of unbranched alkanes of at least 4 members (excludes halogenated alkanes) is 1. The summed E-state index contributed by atoms with van der Waals surface area (Å²) < 4.78 is 0. The standard InChI is InChI=1S/C16H21.2ClH.Zr/c1-4-5-8-14-13(3)10-11-16(14)15-9-6-7-12(15)2;;;/h9-10H,4-6,8,11H2,1-3H3;2*1H;/q-1;;;+3/p-2.